The molecule has 22 heavy (non-hydrogen) atoms. The van der Waals surface area contributed by atoms with Gasteiger partial charge in [0.2, 0.25) is 5.91 Å². The summed E-state index contributed by atoms with van der Waals surface area (Å²) in [7, 11) is 3.62. The van der Waals surface area contributed by atoms with Crippen LogP contribution in [-0.2, 0) is 15.3 Å². The Morgan fingerprint density at radius 1 is 1.32 bits per heavy atom. The fourth-order valence-electron chi connectivity index (χ4n) is 1.90. The van der Waals surface area contributed by atoms with Crippen molar-refractivity contribution in [3.05, 3.63) is 35.9 Å². The molecule has 0 aliphatic rings. The molecular formula is C15H22N2O3S2. The Kier molecular flexibility index (Phi) is 8.37. The van der Waals surface area contributed by atoms with Crippen LogP contribution >= 0.6 is 24.4 Å². The predicted molar refractivity (Wildman–Crippen MR) is 93.2 cm³/mol. The van der Waals surface area contributed by atoms with E-state index < -0.39 is 12.0 Å². The van der Waals surface area contributed by atoms with E-state index in [4.69, 9.17) is 0 Å². The number of carboxylic acid groups (broad SMARTS) is 1. The van der Waals surface area contributed by atoms with Crippen molar-refractivity contribution in [2.75, 3.05) is 19.8 Å². The Labute approximate surface area is 140 Å². The second kappa shape index (κ2) is 9.76. The zero-order valence-electron chi connectivity index (χ0n) is 12.7. The minimum atomic E-state index is -1.04. The Morgan fingerprint density at radius 3 is 2.45 bits per heavy atom. The minimum absolute atomic E-state index is 0.205. The van der Waals surface area contributed by atoms with Gasteiger partial charge in [0, 0.05) is 12.2 Å². The largest absolute Gasteiger partial charge is 0.480 e. The molecule has 0 aliphatic heterocycles. The molecule has 2 unspecified atom stereocenters. The number of nitrogens with one attached hydrogen (secondary N) is 1. The van der Waals surface area contributed by atoms with Crippen molar-refractivity contribution in [1.29, 1.82) is 0 Å². The quantitative estimate of drug-likeness (QED) is 0.471. The number of carboxylic acids is 1. The van der Waals surface area contributed by atoms with Crippen molar-refractivity contribution in [2.45, 2.75) is 23.6 Å². The normalized spacial score (nSPS) is 13.6. The van der Waals surface area contributed by atoms with Gasteiger partial charge in [-0.05, 0) is 25.4 Å². The number of amides is 1. The molecule has 0 bridgehead atoms. The first-order valence-corrected chi connectivity index (χ1v) is 8.58. The molecule has 0 saturated heterocycles. The number of carbonyl (C=O) groups is 2. The summed E-state index contributed by atoms with van der Waals surface area (Å²) < 4.78 is 0. The molecular weight excluding hydrogens is 320 g/mol. The lowest BCUT2D eigenvalue weighted by atomic mass is 10.2. The van der Waals surface area contributed by atoms with Gasteiger partial charge >= 0.3 is 5.97 Å². The van der Waals surface area contributed by atoms with E-state index in [9.17, 15) is 14.7 Å². The van der Waals surface area contributed by atoms with Gasteiger partial charge in [0.25, 0.3) is 0 Å². The van der Waals surface area contributed by atoms with Gasteiger partial charge in [0.15, 0.2) is 6.04 Å². The van der Waals surface area contributed by atoms with Crippen molar-refractivity contribution in [1.82, 2.24) is 10.2 Å². The summed E-state index contributed by atoms with van der Waals surface area (Å²) in [5.41, 5.74) is 1.12. The lowest BCUT2D eigenvalue weighted by Crippen LogP contribution is -2.52. The Morgan fingerprint density at radius 2 is 1.95 bits per heavy atom. The summed E-state index contributed by atoms with van der Waals surface area (Å²) in [6, 6.07) is 8.86. The fraction of sp³-hybridized carbons (Fsp3) is 0.467. The van der Waals surface area contributed by atoms with E-state index in [1.165, 1.54) is 11.8 Å². The summed E-state index contributed by atoms with van der Waals surface area (Å²) in [4.78, 5) is 25.0. The van der Waals surface area contributed by atoms with Gasteiger partial charge < -0.3 is 10.4 Å². The van der Waals surface area contributed by atoms with Crippen LogP contribution in [0, 0.1) is 0 Å². The molecule has 1 amide bonds. The van der Waals surface area contributed by atoms with Crippen molar-refractivity contribution in [2.24, 2.45) is 0 Å². The number of aliphatic carboxylic acids is 1. The zero-order chi connectivity index (χ0) is 16.5. The lowest BCUT2D eigenvalue weighted by Gasteiger charge is -2.30. The Hall–Kier alpha value is -1.18. The van der Waals surface area contributed by atoms with E-state index in [2.05, 4.69) is 17.9 Å². The lowest BCUT2D eigenvalue weighted by molar-refractivity contribution is -0.142. The van der Waals surface area contributed by atoms with E-state index in [-0.39, 0.29) is 17.7 Å². The van der Waals surface area contributed by atoms with Gasteiger partial charge in [-0.3, -0.25) is 9.69 Å². The number of thioether (sulfide) groups is 1. The molecule has 1 aromatic carbocycles. The maximum atomic E-state index is 11.7. The second-order valence-corrected chi connectivity index (χ2v) is 6.56. The van der Waals surface area contributed by atoms with Crippen LogP contribution in [0.4, 0.5) is 0 Å². The number of carbonyl (C=O) groups excluding carboxylic acids is 1. The molecule has 122 valence electrons. The molecule has 0 aliphatic carbocycles. The molecule has 1 aromatic rings. The molecule has 2 N–H and O–H groups in total. The topological polar surface area (TPSA) is 69.6 Å². The molecule has 0 aromatic heterocycles. The second-order valence-electron chi connectivity index (χ2n) is 5.01. The van der Waals surface area contributed by atoms with Crippen molar-refractivity contribution in [3.63, 3.8) is 0 Å². The first-order chi connectivity index (χ1) is 10.5. The number of benzene rings is 1. The van der Waals surface area contributed by atoms with Crippen LogP contribution in [0.2, 0.25) is 0 Å². The molecule has 0 heterocycles. The highest BCUT2D eigenvalue weighted by molar-refractivity contribution is 7.99. The number of hydrogen-bond acceptors (Lipinski definition) is 5. The van der Waals surface area contributed by atoms with Crippen LogP contribution in [-0.4, -0.2) is 53.1 Å². The van der Waals surface area contributed by atoms with Crippen LogP contribution in [0.1, 0.15) is 12.0 Å². The number of rotatable bonds is 9. The van der Waals surface area contributed by atoms with Gasteiger partial charge in [-0.1, -0.05) is 30.3 Å². The molecule has 1 rings (SSSR count). The third kappa shape index (κ3) is 6.29. The van der Waals surface area contributed by atoms with E-state index >= 15 is 0 Å². The van der Waals surface area contributed by atoms with E-state index in [1.807, 2.05) is 49.3 Å². The predicted octanol–water partition coefficient (Wildman–Crippen LogP) is 1.70. The smallest absolute Gasteiger partial charge is 0.328 e. The monoisotopic (exact) mass is 342 g/mol. The third-order valence-corrected chi connectivity index (χ3v) is 4.74. The van der Waals surface area contributed by atoms with Crippen LogP contribution in [0.15, 0.2) is 30.3 Å². The van der Waals surface area contributed by atoms with E-state index in [0.29, 0.717) is 11.5 Å². The number of hydrogen-bond donors (Lipinski definition) is 3. The Bertz CT molecular complexity index is 483. The van der Waals surface area contributed by atoms with Crippen molar-refractivity contribution in [3.8, 4) is 0 Å². The van der Waals surface area contributed by atoms with Gasteiger partial charge in [-0.25, -0.2) is 4.79 Å². The van der Waals surface area contributed by atoms with Gasteiger partial charge in [0.05, 0.1) is 5.37 Å². The number of likely N-dealkylation sites (N-methyl/N-ethyl adjacent to an activating group) is 1. The van der Waals surface area contributed by atoms with E-state index in [0.717, 1.165) is 5.56 Å². The average Bonchev–Trinajstić information content (AvgIpc) is 2.47. The molecule has 0 saturated carbocycles. The fourth-order valence-corrected chi connectivity index (χ4v) is 3.34. The summed E-state index contributed by atoms with van der Waals surface area (Å²) in [6.07, 6.45) is 0.205. The van der Waals surface area contributed by atoms with Crippen LogP contribution in [0.3, 0.4) is 0 Å². The van der Waals surface area contributed by atoms with Gasteiger partial charge in [-0.15, -0.1) is 11.8 Å². The van der Waals surface area contributed by atoms with Crippen LogP contribution in [0.5, 0.6) is 0 Å². The molecule has 0 spiro atoms. The average molecular weight is 342 g/mol. The summed E-state index contributed by atoms with van der Waals surface area (Å²) >= 11 is 5.48. The van der Waals surface area contributed by atoms with Crippen LogP contribution in [0.25, 0.3) is 0 Å². The molecule has 2 atom stereocenters. The maximum absolute atomic E-state index is 11.7. The molecule has 0 radical (unpaired) electrons. The molecule has 0 fully saturated rings. The first kappa shape index (κ1) is 18.9. The Balaban J connectivity index is 2.76. The van der Waals surface area contributed by atoms with Gasteiger partial charge in [0.1, 0.15) is 0 Å². The van der Waals surface area contributed by atoms with Crippen LogP contribution < -0.4 is 5.32 Å². The highest BCUT2D eigenvalue weighted by atomic mass is 32.2. The SMILES string of the molecule is CN(C)C(SCc1ccccc1)C(NC(=O)CCS)C(=O)O. The maximum Gasteiger partial charge on any atom is 0.328 e. The summed E-state index contributed by atoms with van der Waals surface area (Å²) in [6.45, 7) is 0. The van der Waals surface area contributed by atoms with Crippen molar-refractivity contribution >= 4 is 36.3 Å². The standard InChI is InChI=1S/C15H22N2O3S2/c1-17(2)14(22-10-11-6-4-3-5-7-11)13(15(19)20)16-12(18)8-9-21/h3-7,13-14,21H,8-10H2,1-2H3,(H,16,18)(H,19,20). The molecule has 7 heteroatoms. The minimum Gasteiger partial charge on any atom is -0.480 e. The third-order valence-electron chi connectivity index (χ3n) is 2.98. The molecule has 5 nitrogen and oxygen atoms in total. The van der Waals surface area contributed by atoms with E-state index in [1.54, 1.807) is 0 Å². The highest BCUT2D eigenvalue weighted by Crippen LogP contribution is 2.22. The summed E-state index contributed by atoms with van der Waals surface area (Å²) in [5, 5.41) is 11.7. The highest BCUT2D eigenvalue weighted by Gasteiger charge is 2.31. The zero-order valence-corrected chi connectivity index (χ0v) is 14.4. The summed E-state index contributed by atoms with van der Waals surface area (Å²) in [5.74, 6) is -0.265. The number of thiol groups is 1. The number of nitrogens with zero attached hydrogens (tertiary/aromatic N) is 1. The first-order valence-electron chi connectivity index (χ1n) is 6.90. The van der Waals surface area contributed by atoms with Crippen molar-refractivity contribution < 1.29 is 14.7 Å². The van der Waals surface area contributed by atoms with Gasteiger partial charge in [-0.2, -0.15) is 12.6 Å².